The van der Waals surface area contributed by atoms with Gasteiger partial charge in [-0.2, -0.15) is 0 Å². The smallest absolute Gasteiger partial charge is 0.0735 e. The molecule has 0 radical (unpaired) electrons. The van der Waals surface area contributed by atoms with Gasteiger partial charge in [0.1, 0.15) is 0 Å². The third-order valence-corrected chi connectivity index (χ3v) is 4.82. The Labute approximate surface area is 115 Å². The van der Waals surface area contributed by atoms with Gasteiger partial charge in [-0.15, -0.1) is 0 Å². The van der Waals surface area contributed by atoms with Gasteiger partial charge in [0.05, 0.1) is 6.10 Å². The molecule has 2 heterocycles. The Bertz CT molecular complexity index is 400. The van der Waals surface area contributed by atoms with Crippen LogP contribution in [-0.4, -0.2) is 42.3 Å². The van der Waals surface area contributed by atoms with Gasteiger partial charge in [-0.1, -0.05) is 30.3 Å². The topological polar surface area (TPSA) is 35.5 Å². The third kappa shape index (κ3) is 2.83. The van der Waals surface area contributed by atoms with E-state index in [0.717, 1.165) is 39.1 Å². The Morgan fingerprint density at radius 2 is 2.11 bits per heavy atom. The Morgan fingerprint density at radius 1 is 1.26 bits per heavy atom. The van der Waals surface area contributed by atoms with Crippen molar-refractivity contribution in [1.29, 1.82) is 0 Å². The number of hydrogen-bond donors (Lipinski definition) is 2. The number of piperidine rings is 2. The second-order valence-corrected chi connectivity index (χ2v) is 6.13. The fraction of sp³-hybridized carbons (Fsp3) is 0.625. The Balaban J connectivity index is 1.61. The first-order valence-corrected chi connectivity index (χ1v) is 7.44. The van der Waals surface area contributed by atoms with Gasteiger partial charge in [0, 0.05) is 25.0 Å². The van der Waals surface area contributed by atoms with Crippen molar-refractivity contribution in [1.82, 2.24) is 10.2 Å². The minimum absolute atomic E-state index is 0.144. The fourth-order valence-electron chi connectivity index (χ4n) is 3.55. The van der Waals surface area contributed by atoms with E-state index in [-0.39, 0.29) is 11.5 Å². The molecule has 3 nitrogen and oxygen atoms in total. The van der Waals surface area contributed by atoms with Crippen molar-refractivity contribution in [3.05, 3.63) is 35.9 Å². The van der Waals surface area contributed by atoms with E-state index in [1.165, 1.54) is 18.4 Å². The molecule has 2 atom stereocenters. The van der Waals surface area contributed by atoms with Crippen LogP contribution in [0.4, 0.5) is 0 Å². The highest BCUT2D eigenvalue weighted by atomic mass is 16.3. The Kier molecular flexibility index (Phi) is 3.87. The maximum Gasteiger partial charge on any atom is 0.0735 e. The van der Waals surface area contributed by atoms with E-state index in [1.807, 2.05) is 0 Å². The predicted molar refractivity (Wildman–Crippen MR) is 76.9 cm³/mol. The second kappa shape index (κ2) is 5.61. The highest BCUT2D eigenvalue weighted by Gasteiger charge is 2.42. The van der Waals surface area contributed by atoms with Crippen molar-refractivity contribution in [2.45, 2.75) is 31.9 Å². The van der Waals surface area contributed by atoms with Crippen molar-refractivity contribution in [3.63, 3.8) is 0 Å². The first kappa shape index (κ1) is 13.1. The molecule has 2 fully saturated rings. The van der Waals surface area contributed by atoms with Gasteiger partial charge < -0.3 is 10.4 Å². The average Bonchev–Trinajstić information content (AvgIpc) is 2.46. The summed E-state index contributed by atoms with van der Waals surface area (Å²) < 4.78 is 0. The van der Waals surface area contributed by atoms with Crippen LogP contribution >= 0.6 is 0 Å². The molecule has 1 aromatic carbocycles. The van der Waals surface area contributed by atoms with E-state index in [4.69, 9.17) is 0 Å². The number of aliphatic hydroxyl groups is 1. The number of nitrogens with zero attached hydrogens (tertiary/aromatic N) is 1. The van der Waals surface area contributed by atoms with Gasteiger partial charge in [0.2, 0.25) is 0 Å². The van der Waals surface area contributed by atoms with Gasteiger partial charge in [-0.3, -0.25) is 4.90 Å². The number of aliphatic hydroxyl groups excluding tert-OH is 1. The molecule has 0 bridgehead atoms. The van der Waals surface area contributed by atoms with Gasteiger partial charge >= 0.3 is 0 Å². The molecule has 3 rings (SSSR count). The number of β-amino-alcohol motifs (C(OH)–C–C–N with tert-alkyl or cyclic N) is 1. The van der Waals surface area contributed by atoms with E-state index < -0.39 is 0 Å². The van der Waals surface area contributed by atoms with Crippen molar-refractivity contribution < 1.29 is 5.11 Å². The number of benzene rings is 1. The molecule has 2 saturated heterocycles. The van der Waals surface area contributed by atoms with E-state index in [9.17, 15) is 5.11 Å². The zero-order valence-corrected chi connectivity index (χ0v) is 11.5. The van der Waals surface area contributed by atoms with Crippen LogP contribution in [-0.2, 0) is 6.54 Å². The van der Waals surface area contributed by atoms with Crippen molar-refractivity contribution in [2.24, 2.45) is 5.41 Å². The zero-order chi connectivity index (χ0) is 13.1. The largest absolute Gasteiger partial charge is 0.391 e. The lowest BCUT2D eigenvalue weighted by Gasteiger charge is -2.48. The van der Waals surface area contributed by atoms with Crippen molar-refractivity contribution in [2.75, 3.05) is 26.2 Å². The molecule has 2 unspecified atom stereocenters. The lowest BCUT2D eigenvalue weighted by Crippen LogP contribution is -2.56. The average molecular weight is 260 g/mol. The van der Waals surface area contributed by atoms with Crippen LogP contribution in [0.1, 0.15) is 24.8 Å². The summed E-state index contributed by atoms with van der Waals surface area (Å²) in [4.78, 5) is 2.39. The number of nitrogens with one attached hydrogen (secondary N) is 1. The molecule has 2 N–H and O–H groups in total. The molecule has 0 aromatic heterocycles. The van der Waals surface area contributed by atoms with Crippen LogP contribution in [0.5, 0.6) is 0 Å². The Morgan fingerprint density at radius 3 is 2.79 bits per heavy atom. The number of likely N-dealkylation sites (tertiary alicyclic amines) is 1. The van der Waals surface area contributed by atoms with Crippen LogP contribution < -0.4 is 5.32 Å². The van der Waals surface area contributed by atoms with Crippen molar-refractivity contribution >= 4 is 0 Å². The number of rotatable bonds is 2. The van der Waals surface area contributed by atoms with Crippen molar-refractivity contribution in [3.8, 4) is 0 Å². The molecular weight excluding hydrogens is 236 g/mol. The van der Waals surface area contributed by atoms with Gasteiger partial charge in [-0.25, -0.2) is 0 Å². The zero-order valence-electron chi connectivity index (χ0n) is 11.5. The summed E-state index contributed by atoms with van der Waals surface area (Å²) in [6.45, 7) is 4.99. The quantitative estimate of drug-likeness (QED) is 0.848. The summed E-state index contributed by atoms with van der Waals surface area (Å²) in [7, 11) is 0. The summed E-state index contributed by atoms with van der Waals surface area (Å²) in [5.74, 6) is 0. The van der Waals surface area contributed by atoms with Crippen LogP contribution in [0.2, 0.25) is 0 Å². The summed E-state index contributed by atoms with van der Waals surface area (Å²) in [5, 5.41) is 14.0. The molecule has 0 amide bonds. The first-order chi connectivity index (χ1) is 9.28. The highest BCUT2D eigenvalue weighted by Crippen LogP contribution is 2.37. The Hall–Kier alpha value is -0.900. The van der Waals surface area contributed by atoms with E-state index in [0.29, 0.717) is 0 Å². The molecule has 1 spiro atoms. The van der Waals surface area contributed by atoms with Gasteiger partial charge in [0.25, 0.3) is 0 Å². The molecule has 0 aliphatic carbocycles. The molecular formula is C16H24N2O. The summed E-state index contributed by atoms with van der Waals surface area (Å²) in [5.41, 5.74) is 1.48. The molecule has 0 saturated carbocycles. The molecule has 3 heteroatoms. The van der Waals surface area contributed by atoms with Gasteiger partial charge in [-0.05, 0) is 37.9 Å². The van der Waals surface area contributed by atoms with Crippen LogP contribution in [0, 0.1) is 5.41 Å². The first-order valence-electron chi connectivity index (χ1n) is 7.44. The predicted octanol–water partition coefficient (Wildman–Crippen LogP) is 1.62. The lowest BCUT2D eigenvalue weighted by molar-refractivity contribution is -0.0598. The minimum atomic E-state index is -0.183. The fourth-order valence-corrected chi connectivity index (χ4v) is 3.55. The van der Waals surface area contributed by atoms with Crippen LogP contribution in [0.15, 0.2) is 30.3 Å². The van der Waals surface area contributed by atoms with E-state index in [2.05, 4.69) is 40.5 Å². The number of hydrogen-bond acceptors (Lipinski definition) is 3. The lowest BCUT2D eigenvalue weighted by atomic mass is 9.71. The molecule has 2 aliphatic rings. The van der Waals surface area contributed by atoms with E-state index >= 15 is 0 Å². The minimum Gasteiger partial charge on any atom is -0.391 e. The molecule has 104 valence electrons. The summed E-state index contributed by atoms with van der Waals surface area (Å²) >= 11 is 0. The maximum absolute atomic E-state index is 10.6. The summed E-state index contributed by atoms with van der Waals surface area (Å²) in [6.07, 6.45) is 3.32. The molecule has 1 aromatic rings. The third-order valence-electron chi connectivity index (χ3n) is 4.82. The standard InChI is InChI=1S/C16H24N2O/c19-15-12-18(11-14-5-2-1-3-6-14)10-8-16(15)7-4-9-17-13-16/h1-3,5-6,15,17,19H,4,7-13H2. The maximum atomic E-state index is 10.6. The molecule has 2 aliphatic heterocycles. The molecule has 19 heavy (non-hydrogen) atoms. The normalized spacial score (nSPS) is 32.6. The second-order valence-electron chi connectivity index (χ2n) is 6.13. The van der Waals surface area contributed by atoms with Crippen LogP contribution in [0.25, 0.3) is 0 Å². The van der Waals surface area contributed by atoms with Gasteiger partial charge in [0.15, 0.2) is 0 Å². The SMILES string of the molecule is OC1CN(Cc2ccccc2)CCC12CCCNC2. The van der Waals surface area contributed by atoms with Crippen LogP contribution in [0.3, 0.4) is 0 Å². The summed E-state index contributed by atoms with van der Waals surface area (Å²) in [6, 6.07) is 10.6. The highest BCUT2D eigenvalue weighted by molar-refractivity contribution is 5.14. The van der Waals surface area contributed by atoms with E-state index in [1.54, 1.807) is 0 Å². The monoisotopic (exact) mass is 260 g/mol.